The number of imidazole rings is 1. The van der Waals surface area contributed by atoms with Gasteiger partial charge in [-0.2, -0.15) is 0 Å². The first kappa shape index (κ1) is 33.4. The summed E-state index contributed by atoms with van der Waals surface area (Å²) in [6.45, 7) is 4.93. The minimum Gasteiger partial charge on any atom is -0.308 e. The highest BCUT2D eigenvalue weighted by Gasteiger charge is 2.42. The fourth-order valence-electron chi connectivity index (χ4n) is 7.24. The molecule has 5 aromatic carbocycles. The highest BCUT2D eigenvalue weighted by molar-refractivity contribution is 9.10. The molecule has 8 rings (SSSR count). The third-order valence-corrected chi connectivity index (χ3v) is 10.6. The second kappa shape index (κ2) is 14.5. The lowest BCUT2D eigenvalue weighted by Gasteiger charge is -2.36. The Morgan fingerprint density at radius 3 is 1.85 bits per heavy atom. The number of aryl methyl sites for hydroxylation is 2. The lowest BCUT2D eigenvalue weighted by Crippen LogP contribution is -2.39. The highest BCUT2D eigenvalue weighted by atomic mass is 79.9. The minimum absolute atomic E-state index is 0.675. The van der Waals surface area contributed by atoms with Crippen molar-refractivity contribution in [1.29, 1.82) is 0 Å². The molecular weight excluding hydrogens is 706 g/mol. The van der Waals surface area contributed by atoms with Crippen LogP contribution in [0.15, 0.2) is 150 Å². The molecule has 0 fully saturated rings. The van der Waals surface area contributed by atoms with Gasteiger partial charge < -0.3 is 4.57 Å². The quantitative estimate of drug-likeness (QED) is 0.123. The molecule has 0 saturated carbocycles. The molecule has 0 unspecified atom stereocenters. The van der Waals surface area contributed by atoms with Crippen LogP contribution in [0.4, 0.5) is 0 Å². The zero-order chi connectivity index (χ0) is 35.5. The number of rotatable bonds is 11. The molecule has 0 aliphatic rings. The van der Waals surface area contributed by atoms with Gasteiger partial charge in [-0.15, -0.1) is 5.10 Å². The zero-order valence-corrected chi connectivity index (χ0v) is 30.8. The van der Waals surface area contributed by atoms with E-state index in [0.717, 1.165) is 79.8 Å². The number of unbranched alkanes of at least 4 members (excludes halogenated alkanes) is 1. The molecule has 0 N–H and O–H groups in total. The molecule has 0 aliphatic heterocycles. The van der Waals surface area contributed by atoms with Crippen molar-refractivity contribution in [2.45, 2.75) is 45.2 Å². The smallest absolute Gasteiger partial charge is 0.184 e. The Bertz CT molecular complexity index is 2340. The summed E-state index contributed by atoms with van der Waals surface area (Å²) in [5, 5.41) is 13.9. The number of benzene rings is 5. The maximum absolute atomic E-state index is 5.00. The van der Waals surface area contributed by atoms with Crippen LogP contribution in [0.1, 0.15) is 53.5 Å². The third-order valence-electron chi connectivity index (χ3n) is 9.82. The fourth-order valence-corrected chi connectivity index (χ4v) is 7.55. The molecule has 7 nitrogen and oxygen atoms in total. The maximum Gasteiger partial charge on any atom is 0.184 e. The Balaban J connectivity index is 1.23. The van der Waals surface area contributed by atoms with Crippen LogP contribution < -0.4 is 0 Å². The van der Waals surface area contributed by atoms with Gasteiger partial charge in [0.05, 0.1) is 12.2 Å². The molecule has 0 spiro atoms. The molecule has 52 heavy (non-hydrogen) atoms. The van der Waals surface area contributed by atoms with E-state index >= 15 is 0 Å². The molecule has 0 bridgehead atoms. The average molecular weight is 745 g/mol. The molecule has 256 valence electrons. The normalized spacial score (nSPS) is 11.7. The van der Waals surface area contributed by atoms with Gasteiger partial charge in [-0.1, -0.05) is 153 Å². The van der Waals surface area contributed by atoms with Crippen LogP contribution in [0.2, 0.25) is 0 Å². The lowest BCUT2D eigenvalue weighted by atomic mass is 9.77. The maximum atomic E-state index is 5.00. The van der Waals surface area contributed by atoms with Crippen LogP contribution in [0.5, 0.6) is 0 Å². The van der Waals surface area contributed by atoms with Crippen molar-refractivity contribution in [2.24, 2.45) is 0 Å². The number of tetrazole rings is 1. The van der Waals surface area contributed by atoms with E-state index in [1.54, 1.807) is 0 Å². The second-order valence-electron chi connectivity index (χ2n) is 13.1. The number of fused-ring (bicyclic) bond motifs is 1. The van der Waals surface area contributed by atoms with Crippen molar-refractivity contribution in [3.63, 3.8) is 0 Å². The number of aromatic nitrogens is 7. The van der Waals surface area contributed by atoms with Crippen molar-refractivity contribution in [3.05, 3.63) is 184 Å². The molecule has 8 heteroatoms. The SMILES string of the molecule is CCCCc1nc2cc(Br)c(C)nc2n1Cc1ccc(-c2ccccc2-c2nnnn2C(c2ccccc2)(c2ccccc2)c2ccccc2)cc1. The average Bonchev–Trinajstić information content (AvgIpc) is 3.81. The molecule has 0 saturated heterocycles. The standard InChI is InChI=1S/C44H38BrN7/c1-3-4-24-41-47-40-29-39(45)31(2)46-43(40)51(41)30-32-25-27-33(28-26-32)37-22-14-15-23-38(37)42-48-49-50-52(42)44(34-16-8-5-9-17-34,35-18-10-6-11-19-35)36-20-12-7-13-21-36/h5-23,25-29H,3-4,24,30H2,1-2H3. The van der Waals surface area contributed by atoms with Crippen LogP contribution >= 0.6 is 15.9 Å². The molecule has 0 radical (unpaired) electrons. The van der Waals surface area contributed by atoms with E-state index in [1.165, 1.54) is 5.56 Å². The Morgan fingerprint density at radius 2 is 1.25 bits per heavy atom. The Labute approximate surface area is 312 Å². The van der Waals surface area contributed by atoms with E-state index in [0.29, 0.717) is 12.4 Å². The Hall–Kier alpha value is -5.73. The first-order chi connectivity index (χ1) is 25.6. The van der Waals surface area contributed by atoms with Crippen LogP contribution in [0.3, 0.4) is 0 Å². The number of hydrogen-bond donors (Lipinski definition) is 0. The molecule has 3 aromatic heterocycles. The van der Waals surface area contributed by atoms with Gasteiger partial charge in [0.25, 0.3) is 0 Å². The van der Waals surface area contributed by atoms with Gasteiger partial charge in [-0.3, -0.25) is 0 Å². The van der Waals surface area contributed by atoms with E-state index in [9.17, 15) is 0 Å². The molecular formula is C44H38BrN7. The first-order valence-corrected chi connectivity index (χ1v) is 18.5. The minimum atomic E-state index is -0.843. The van der Waals surface area contributed by atoms with Gasteiger partial charge in [0.2, 0.25) is 0 Å². The van der Waals surface area contributed by atoms with Crippen molar-refractivity contribution in [1.82, 2.24) is 34.7 Å². The van der Waals surface area contributed by atoms with Gasteiger partial charge in [0, 0.05) is 16.5 Å². The zero-order valence-electron chi connectivity index (χ0n) is 29.2. The number of nitrogens with zero attached hydrogens (tertiary/aromatic N) is 7. The van der Waals surface area contributed by atoms with Crippen LogP contribution in [0, 0.1) is 6.92 Å². The first-order valence-electron chi connectivity index (χ1n) is 17.7. The van der Waals surface area contributed by atoms with E-state index in [4.69, 9.17) is 20.3 Å². The summed E-state index contributed by atoms with van der Waals surface area (Å²) in [4.78, 5) is 9.93. The molecule has 0 amide bonds. The largest absolute Gasteiger partial charge is 0.308 e. The van der Waals surface area contributed by atoms with E-state index < -0.39 is 5.54 Å². The van der Waals surface area contributed by atoms with Gasteiger partial charge >= 0.3 is 0 Å². The number of halogens is 1. The summed E-state index contributed by atoms with van der Waals surface area (Å²) in [7, 11) is 0. The van der Waals surface area contributed by atoms with Crippen molar-refractivity contribution in [3.8, 4) is 22.5 Å². The van der Waals surface area contributed by atoms with Crippen LogP contribution in [-0.4, -0.2) is 34.7 Å². The van der Waals surface area contributed by atoms with E-state index in [2.05, 4.69) is 160 Å². The lowest BCUT2D eigenvalue weighted by molar-refractivity contribution is 0.451. The molecule has 0 atom stereocenters. The summed E-state index contributed by atoms with van der Waals surface area (Å²) in [5.41, 5.74) is 9.40. The summed E-state index contributed by atoms with van der Waals surface area (Å²) in [6, 6.07) is 50.8. The van der Waals surface area contributed by atoms with Gasteiger partial charge in [0.1, 0.15) is 16.9 Å². The van der Waals surface area contributed by atoms with Gasteiger partial charge in [-0.05, 0) is 79.1 Å². The second-order valence-corrected chi connectivity index (χ2v) is 13.9. The summed E-state index contributed by atoms with van der Waals surface area (Å²) in [5.74, 6) is 1.75. The van der Waals surface area contributed by atoms with Crippen LogP contribution in [0.25, 0.3) is 33.7 Å². The number of pyridine rings is 1. The van der Waals surface area contributed by atoms with Crippen molar-refractivity contribution < 1.29 is 0 Å². The summed E-state index contributed by atoms with van der Waals surface area (Å²) in [6.07, 6.45) is 3.11. The predicted octanol–water partition coefficient (Wildman–Crippen LogP) is 10.1. The number of hydrogen-bond acceptors (Lipinski definition) is 5. The van der Waals surface area contributed by atoms with Crippen molar-refractivity contribution in [2.75, 3.05) is 0 Å². The fraction of sp³-hybridized carbons (Fsp3) is 0.159. The van der Waals surface area contributed by atoms with E-state index in [1.807, 2.05) is 29.8 Å². The molecule has 0 aliphatic carbocycles. The molecule has 8 aromatic rings. The Morgan fingerprint density at radius 1 is 0.673 bits per heavy atom. The monoisotopic (exact) mass is 743 g/mol. The summed E-state index contributed by atoms with van der Waals surface area (Å²) >= 11 is 3.64. The highest BCUT2D eigenvalue weighted by Crippen LogP contribution is 2.43. The predicted molar refractivity (Wildman–Crippen MR) is 211 cm³/mol. The van der Waals surface area contributed by atoms with Gasteiger partial charge in [0.15, 0.2) is 11.5 Å². The third kappa shape index (κ3) is 6.03. The summed E-state index contributed by atoms with van der Waals surface area (Å²) < 4.78 is 5.25. The van der Waals surface area contributed by atoms with Gasteiger partial charge in [-0.25, -0.2) is 14.6 Å². The van der Waals surface area contributed by atoms with Crippen molar-refractivity contribution >= 4 is 27.1 Å². The van der Waals surface area contributed by atoms with Crippen LogP contribution in [-0.2, 0) is 18.5 Å². The molecule has 3 heterocycles. The topological polar surface area (TPSA) is 74.3 Å². The van der Waals surface area contributed by atoms with E-state index in [-0.39, 0.29) is 0 Å². The Kier molecular flexibility index (Phi) is 9.31.